The molecule has 0 atom stereocenters. The number of methoxy groups -OCH3 is 1. The summed E-state index contributed by atoms with van der Waals surface area (Å²) >= 11 is 3.49. The Kier molecular flexibility index (Phi) is 4.53. The molecular weight excluding hydrogens is 342 g/mol. The summed E-state index contributed by atoms with van der Waals surface area (Å²) in [4.78, 5) is 0. The Morgan fingerprint density at radius 1 is 1.05 bits per heavy atom. The zero-order chi connectivity index (χ0) is 15.4. The third-order valence-electron chi connectivity index (χ3n) is 3.51. The maximum atomic E-state index is 5.20. The van der Waals surface area contributed by atoms with E-state index in [1.54, 1.807) is 7.11 Å². The number of benzene rings is 2. The van der Waals surface area contributed by atoms with Gasteiger partial charge in [0.15, 0.2) is 4.60 Å². The van der Waals surface area contributed by atoms with Crippen LogP contribution in [0.4, 0.5) is 0 Å². The van der Waals surface area contributed by atoms with E-state index >= 15 is 0 Å². The normalized spacial score (nSPS) is 10.6. The average Bonchev–Trinajstić information content (AvgIpc) is 2.95. The van der Waals surface area contributed by atoms with E-state index in [4.69, 9.17) is 4.74 Å². The van der Waals surface area contributed by atoms with Crippen molar-refractivity contribution in [1.82, 2.24) is 15.0 Å². The molecule has 0 aliphatic heterocycles. The van der Waals surface area contributed by atoms with E-state index in [2.05, 4.69) is 50.5 Å². The van der Waals surface area contributed by atoms with Crippen LogP contribution in [0, 0.1) is 0 Å². The van der Waals surface area contributed by atoms with Crippen molar-refractivity contribution in [2.75, 3.05) is 7.11 Å². The van der Waals surface area contributed by atoms with E-state index in [1.165, 1.54) is 5.56 Å². The molecule has 5 heteroatoms. The summed E-state index contributed by atoms with van der Waals surface area (Å²) < 4.78 is 7.89. The Morgan fingerprint density at radius 2 is 1.77 bits per heavy atom. The summed E-state index contributed by atoms with van der Waals surface area (Å²) in [5.41, 5.74) is 3.33. The lowest BCUT2D eigenvalue weighted by atomic mass is 10.1. The molecule has 3 rings (SSSR count). The second-order valence-electron chi connectivity index (χ2n) is 4.92. The van der Waals surface area contributed by atoms with Crippen molar-refractivity contribution in [2.45, 2.75) is 13.0 Å². The molecule has 4 nitrogen and oxygen atoms in total. The smallest absolute Gasteiger partial charge is 0.156 e. The van der Waals surface area contributed by atoms with E-state index < -0.39 is 0 Å². The van der Waals surface area contributed by atoms with Gasteiger partial charge in [0, 0.05) is 12.1 Å². The first-order valence-corrected chi connectivity index (χ1v) is 7.84. The molecule has 0 saturated carbocycles. The zero-order valence-electron chi connectivity index (χ0n) is 12.2. The highest BCUT2D eigenvalue weighted by Crippen LogP contribution is 2.28. The lowest BCUT2D eigenvalue weighted by molar-refractivity contribution is 0.415. The molecule has 0 radical (unpaired) electrons. The largest absolute Gasteiger partial charge is 0.497 e. The van der Waals surface area contributed by atoms with Gasteiger partial charge in [0.1, 0.15) is 11.4 Å². The van der Waals surface area contributed by atoms with Gasteiger partial charge in [-0.3, -0.25) is 0 Å². The molecule has 0 aliphatic rings. The van der Waals surface area contributed by atoms with Crippen molar-refractivity contribution in [3.8, 4) is 17.0 Å². The highest BCUT2D eigenvalue weighted by molar-refractivity contribution is 9.10. The van der Waals surface area contributed by atoms with E-state index in [1.807, 2.05) is 35.0 Å². The Balaban J connectivity index is 1.83. The fourth-order valence-corrected chi connectivity index (χ4v) is 2.85. The summed E-state index contributed by atoms with van der Waals surface area (Å²) in [6.07, 6.45) is 0.916. The highest BCUT2D eigenvalue weighted by atomic mass is 79.9. The molecule has 0 bridgehead atoms. The first-order chi connectivity index (χ1) is 10.8. The van der Waals surface area contributed by atoms with Gasteiger partial charge < -0.3 is 4.74 Å². The first-order valence-electron chi connectivity index (χ1n) is 7.05. The van der Waals surface area contributed by atoms with Gasteiger partial charge in [-0.25, -0.2) is 4.68 Å². The van der Waals surface area contributed by atoms with Crippen LogP contribution in [-0.2, 0) is 13.0 Å². The molecule has 112 valence electrons. The third kappa shape index (κ3) is 3.20. The number of halogens is 1. The predicted octanol–water partition coefficient (Wildman–Crippen LogP) is 3.96. The fourth-order valence-electron chi connectivity index (χ4n) is 2.35. The molecule has 0 amide bonds. The van der Waals surface area contributed by atoms with Gasteiger partial charge in [0.2, 0.25) is 0 Å². The molecule has 0 fully saturated rings. The fraction of sp³-hybridized carbons (Fsp3) is 0.176. The molecule has 0 unspecified atom stereocenters. The Hall–Kier alpha value is -2.14. The summed E-state index contributed by atoms with van der Waals surface area (Å²) in [6.45, 7) is 0.782. The Bertz CT molecular complexity index is 738. The Morgan fingerprint density at radius 3 is 2.45 bits per heavy atom. The molecule has 22 heavy (non-hydrogen) atoms. The minimum atomic E-state index is 0.755. The van der Waals surface area contributed by atoms with Gasteiger partial charge in [-0.05, 0) is 52.2 Å². The standard InChI is InChI=1S/C17H16BrN3O/c1-22-15-9-7-14(8-10-15)16-17(18)19-20-21(16)12-11-13-5-3-2-4-6-13/h2-10H,11-12H2,1H3. The lowest BCUT2D eigenvalue weighted by Gasteiger charge is -2.08. The van der Waals surface area contributed by atoms with E-state index in [0.717, 1.165) is 34.6 Å². The Labute approximate surface area is 137 Å². The average molecular weight is 358 g/mol. The highest BCUT2D eigenvalue weighted by Gasteiger charge is 2.13. The number of nitrogens with zero attached hydrogens (tertiary/aromatic N) is 3. The summed E-state index contributed by atoms with van der Waals surface area (Å²) in [7, 11) is 1.66. The van der Waals surface area contributed by atoms with Crippen LogP contribution in [0.2, 0.25) is 0 Å². The number of hydrogen-bond acceptors (Lipinski definition) is 3. The summed E-state index contributed by atoms with van der Waals surface area (Å²) in [5, 5.41) is 8.38. The molecule has 1 heterocycles. The minimum absolute atomic E-state index is 0.755. The number of hydrogen-bond donors (Lipinski definition) is 0. The number of aryl methyl sites for hydroxylation is 2. The third-order valence-corrected chi connectivity index (χ3v) is 4.05. The van der Waals surface area contributed by atoms with Crippen molar-refractivity contribution in [2.24, 2.45) is 0 Å². The topological polar surface area (TPSA) is 39.9 Å². The van der Waals surface area contributed by atoms with Gasteiger partial charge in [0.25, 0.3) is 0 Å². The predicted molar refractivity (Wildman–Crippen MR) is 89.9 cm³/mol. The van der Waals surface area contributed by atoms with Crippen LogP contribution in [0.25, 0.3) is 11.3 Å². The van der Waals surface area contributed by atoms with Crippen molar-refractivity contribution in [1.29, 1.82) is 0 Å². The van der Waals surface area contributed by atoms with Crippen molar-refractivity contribution >= 4 is 15.9 Å². The van der Waals surface area contributed by atoms with Crippen LogP contribution in [0.15, 0.2) is 59.2 Å². The first kappa shape index (κ1) is 14.8. The lowest BCUT2D eigenvalue weighted by Crippen LogP contribution is -2.05. The molecule has 0 N–H and O–H groups in total. The van der Waals surface area contributed by atoms with Crippen LogP contribution >= 0.6 is 15.9 Å². The number of rotatable bonds is 5. The zero-order valence-corrected chi connectivity index (χ0v) is 13.8. The van der Waals surface area contributed by atoms with Crippen molar-refractivity contribution < 1.29 is 4.74 Å². The molecule has 2 aromatic carbocycles. The van der Waals surface area contributed by atoms with Crippen LogP contribution in [-0.4, -0.2) is 22.1 Å². The second kappa shape index (κ2) is 6.75. The van der Waals surface area contributed by atoms with Crippen LogP contribution < -0.4 is 4.74 Å². The summed E-state index contributed by atoms with van der Waals surface area (Å²) in [6, 6.07) is 18.3. The SMILES string of the molecule is COc1ccc(-c2c(Br)nnn2CCc2ccccc2)cc1. The summed E-state index contributed by atoms with van der Waals surface area (Å²) in [5.74, 6) is 0.836. The number of aromatic nitrogens is 3. The van der Waals surface area contributed by atoms with Crippen molar-refractivity contribution in [3.63, 3.8) is 0 Å². The van der Waals surface area contributed by atoms with Gasteiger partial charge in [-0.1, -0.05) is 35.5 Å². The van der Waals surface area contributed by atoms with Crippen LogP contribution in [0.5, 0.6) is 5.75 Å². The maximum Gasteiger partial charge on any atom is 0.156 e. The maximum absolute atomic E-state index is 5.20. The second-order valence-corrected chi connectivity index (χ2v) is 5.67. The van der Waals surface area contributed by atoms with Crippen molar-refractivity contribution in [3.05, 3.63) is 64.8 Å². The minimum Gasteiger partial charge on any atom is -0.497 e. The van der Waals surface area contributed by atoms with Crippen LogP contribution in [0.1, 0.15) is 5.56 Å². The van der Waals surface area contributed by atoms with Gasteiger partial charge in [-0.15, -0.1) is 5.10 Å². The molecule has 0 aliphatic carbocycles. The molecule has 1 aromatic heterocycles. The molecule has 0 spiro atoms. The van der Waals surface area contributed by atoms with Crippen LogP contribution in [0.3, 0.4) is 0 Å². The van der Waals surface area contributed by atoms with Gasteiger partial charge in [0.05, 0.1) is 7.11 Å². The molecule has 0 saturated heterocycles. The van der Waals surface area contributed by atoms with Gasteiger partial charge >= 0.3 is 0 Å². The number of ether oxygens (including phenoxy) is 1. The monoisotopic (exact) mass is 357 g/mol. The van der Waals surface area contributed by atoms with Gasteiger partial charge in [-0.2, -0.15) is 0 Å². The quantitative estimate of drug-likeness (QED) is 0.693. The molecule has 3 aromatic rings. The molecular formula is C17H16BrN3O. The van der Waals surface area contributed by atoms with E-state index in [-0.39, 0.29) is 0 Å². The van der Waals surface area contributed by atoms with E-state index in [0.29, 0.717) is 0 Å². The van der Waals surface area contributed by atoms with E-state index in [9.17, 15) is 0 Å².